The van der Waals surface area contributed by atoms with E-state index in [-0.39, 0.29) is 92.9 Å². The maximum atomic E-state index is 13.2. The van der Waals surface area contributed by atoms with Crippen molar-refractivity contribution in [3.8, 4) is 34.5 Å². The Balaban J connectivity index is 0.00000462. The fraction of sp³-hybridized carbons (Fsp3) is 0.0588. The molecule has 0 atom stereocenters. The number of hydrogen-bond acceptors (Lipinski definition) is 21. The summed E-state index contributed by atoms with van der Waals surface area (Å²) >= 11 is 0. The number of phenolic OH excluding ortho intramolecular Hbond substituents is 4. The molecule has 7 N–H and O–H groups in total. The Morgan fingerprint density at radius 1 is 0.646 bits per heavy atom. The Morgan fingerprint density at radius 2 is 1.28 bits per heavy atom. The molecule has 0 aliphatic carbocycles. The molecule has 0 radical (unpaired) electrons. The molecule has 0 fully saturated rings. The molecular formula is C34H25LiN6NaO19S4+. The standard InChI is InChI=1S/C34H26N6O19S4.Li.Na/c1-58-24-12-17(4-6-20(24)35-37-22-10-15-3-8-26(61(49,50)51)31(42)29(15)33(44)34(22)63(55,56)57)39-40(45)18-5-7-21(25(13-18)59-2)36-38-30-27(62(52,53)54)11-16-9-19(60(46,47)48)14-23(41)28(16)32(30)43;;/h3-14,41-44H,1-2H3,(H,46,47,48)(H,49,50,51)(H,52,53,54)(H,55,56,57);;/q;2*+1/p-1. The normalized spacial score (nSPS) is 12.7. The molecule has 0 saturated carbocycles. The number of aromatic hydroxyl groups is 4. The van der Waals surface area contributed by atoms with E-state index < -0.39 is 111 Å². The minimum Gasteiger partial charge on any atom is -0.744 e. The molecule has 0 heterocycles. The minimum absolute atomic E-state index is 0. The fourth-order valence-electron chi connectivity index (χ4n) is 5.91. The second-order valence-corrected chi connectivity index (χ2v) is 18.1. The molecule has 65 heavy (non-hydrogen) atoms. The van der Waals surface area contributed by atoms with Gasteiger partial charge in [0.15, 0.2) is 33.6 Å². The molecular weight excluding hydrogens is 955 g/mol. The van der Waals surface area contributed by atoms with Crippen LogP contribution in [0.15, 0.2) is 113 Å². The first-order chi connectivity index (χ1) is 29.2. The Hall–Kier alpha value is -5.52. The third-order valence-electron chi connectivity index (χ3n) is 8.68. The number of ether oxygens (including phenoxy) is 2. The third kappa shape index (κ3) is 10.8. The predicted molar refractivity (Wildman–Crippen MR) is 208 cm³/mol. The van der Waals surface area contributed by atoms with Gasteiger partial charge in [-0.3, -0.25) is 9.11 Å². The molecule has 6 aromatic carbocycles. The van der Waals surface area contributed by atoms with Gasteiger partial charge in [0.1, 0.15) is 53.7 Å². The molecule has 0 spiro atoms. The van der Waals surface area contributed by atoms with E-state index in [0.29, 0.717) is 18.2 Å². The number of hydrogen-bond donors (Lipinski definition) is 7. The van der Waals surface area contributed by atoms with Crippen molar-refractivity contribution in [2.45, 2.75) is 19.6 Å². The van der Waals surface area contributed by atoms with Crippen LogP contribution in [-0.2, 0) is 40.5 Å². The zero-order chi connectivity index (χ0) is 46.6. The van der Waals surface area contributed by atoms with Crippen LogP contribution in [0.1, 0.15) is 0 Å². The molecule has 0 amide bonds. The maximum Gasteiger partial charge on any atom is 1.00 e. The van der Waals surface area contributed by atoms with Crippen LogP contribution in [0.3, 0.4) is 0 Å². The smallest absolute Gasteiger partial charge is 0.744 e. The molecule has 6 aromatic rings. The van der Waals surface area contributed by atoms with Crippen molar-refractivity contribution < 1.29 is 140 Å². The summed E-state index contributed by atoms with van der Waals surface area (Å²) < 4.78 is 149. The molecule has 31 heteroatoms. The van der Waals surface area contributed by atoms with Crippen molar-refractivity contribution in [2.24, 2.45) is 20.5 Å². The van der Waals surface area contributed by atoms with Gasteiger partial charge < -0.3 is 44.2 Å². The second kappa shape index (κ2) is 19.1. The average molecular weight is 980 g/mol. The third-order valence-corrected chi connectivity index (χ3v) is 12.2. The van der Waals surface area contributed by atoms with Crippen molar-refractivity contribution in [1.82, 2.24) is 0 Å². The van der Waals surface area contributed by atoms with E-state index >= 15 is 0 Å². The summed E-state index contributed by atoms with van der Waals surface area (Å²) in [7, 11) is -18.7. The van der Waals surface area contributed by atoms with Gasteiger partial charge in [-0.15, -0.1) is 10.2 Å². The van der Waals surface area contributed by atoms with Gasteiger partial charge >= 0.3 is 48.4 Å². The van der Waals surface area contributed by atoms with Crippen LogP contribution in [0.4, 0.5) is 34.1 Å². The van der Waals surface area contributed by atoms with E-state index in [4.69, 9.17) is 9.47 Å². The van der Waals surface area contributed by atoms with Crippen molar-refractivity contribution in [1.29, 1.82) is 0 Å². The van der Waals surface area contributed by atoms with E-state index in [0.717, 1.165) is 43.5 Å². The SMILES string of the molecule is COc1cc([N+]([O-])=Nc2ccc(N=[NH+]c3cc4ccc(S(=O)(=O)O)c(O)c4c(O)c3S(=O)(=O)[O-])c(OC)c2)ccc1N=Nc1c(S(=O)(=O)[O-])cc2cc(S(=O)(=O)O)cc(O)c2c1O.[Li+].[Na+]. The summed E-state index contributed by atoms with van der Waals surface area (Å²) in [6, 6.07) is 11.6. The van der Waals surface area contributed by atoms with Gasteiger partial charge in [-0.1, -0.05) is 11.2 Å². The van der Waals surface area contributed by atoms with Crippen molar-refractivity contribution in [3.63, 3.8) is 0 Å². The number of rotatable bonds is 12. The van der Waals surface area contributed by atoms with Gasteiger partial charge in [-0.05, 0) is 52.0 Å². The van der Waals surface area contributed by atoms with Crippen LogP contribution in [0, 0.1) is 5.21 Å². The zero-order valence-corrected chi connectivity index (χ0v) is 38.6. The summed E-state index contributed by atoms with van der Waals surface area (Å²) in [5, 5.41) is 71.2. The van der Waals surface area contributed by atoms with Gasteiger partial charge in [0, 0.05) is 34.5 Å². The molecule has 0 bridgehead atoms. The summed E-state index contributed by atoms with van der Waals surface area (Å²) in [4.78, 5) is -4.39. The zero-order valence-electron chi connectivity index (χ0n) is 33.3. The number of phenols is 4. The largest absolute Gasteiger partial charge is 1.00 e. The molecule has 0 aromatic heterocycles. The van der Waals surface area contributed by atoms with E-state index in [2.05, 4.69) is 25.6 Å². The van der Waals surface area contributed by atoms with Gasteiger partial charge in [0.2, 0.25) is 5.69 Å². The van der Waals surface area contributed by atoms with E-state index in [9.17, 15) is 77.5 Å². The second-order valence-electron chi connectivity index (χ2n) is 12.6. The molecule has 25 nitrogen and oxygen atoms in total. The molecule has 0 aliphatic heterocycles. The topological polar surface area (TPSA) is 412 Å². The maximum absolute atomic E-state index is 13.2. The van der Waals surface area contributed by atoms with Crippen LogP contribution < -0.4 is 63.0 Å². The molecule has 0 saturated heterocycles. The van der Waals surface area contributed by atoms with Gasteiger partial charge in [0.25, 0.3) is 25.9 Å². The van der Waals surface area contributed by atoms with Gasteiger partial charge in [0.05, 0.1) is 40.8 Å². The van der Waals surface area contributed by atoms with Crippen LogP contribution in [0.2, 0.25) is 0 Å². The van der Waals surface area contributed by atoms with Crippen molar-refractivity contribution in [3.05, 3.63) is 78.0 Å². The summed E-state index contributed by atoms with van der Waals surface area (Å²) in [5.41, 5.74) is -2.16. The summed E-state index contributed by atoms with van der Waals surface area (Å²) in [6.07, 6.45) is 0. The van der Waals surface area contributed by atoms with Gasteiger partial charge in [-0.25, -0.2) is 16.8 Å². The number of nitrogens with one attached hydrogen (secondary N) is 1. The van der Waals surface area contributed by atoms with Crippen LogP contribution in [0.25, 0.3) is 21.5 Å². The van der Waals surface area contributed by atoms with E-state index in [1.54, 1.807) is 0 Å². The molecule has 0 aliphatic rings. The Kier molecular flexibility index (Phi) is 15.3. The average Bonchev–Trinajstić information content (AvgIpc) is 3.17. The van der Waals surface area contributed by atoms with E-state index in [1.165, 1.54) is 25.3 Å². The van der Waals surface area contributed by atoms with Crippen LogP contribution >= 0.6 is 0 Å². The summed E-state index contributed by atoms with van der Waals surface area (Å²) in [6.45, 7) is 0. The van der Waals surface area contributed by atoms with Gasteiger partial charge in [-0.2, -0.15) is 16.8 Å². The number of fused-ring (bicyclic) bond motifs is 2. The first kappa shape index (κ1) is 52.1. The predicted octanol–water partition coefficient (Wildman–Crippen LogP) is -2.02. The van der Waals surface area contributed by atoms with Crippen molar-refractivity contribution in [2.75, 3.05) is 14.2 Å². The van der Waals surface area contributed by atoms with Crippen LogP contribution in [-0.4, -0.2) is 91.4 Å². The number of nitrogens with zero attached hydrogens (tertiary/aromatic N) is 5. The first-order valence-corrected chi connectivity index (χ1v) is 22.3. The molecule has 0 unspecified atom stereocenters. The minimum atomic E-state index is -5.56. The first-order valence-electron chi connectivity index (χ1n) is 16.6. The number of methoxy groups -OCH3 is 2. The Morgan fingerprint density at radius 3 is 1.86 bits per heavy atom. The van der Waals surface area contributed by atoms with Crippen molar-refractivity contribution >= 4 is 96.1 Å². The van der Waals surface area contributed by atoms with E-state index in [1.807, 2.05) is 0 Å². The Bertz CT molecular complexity index is 3500. The Labute approximate surface area is 400 Å². The quantitative estimate of drug-likeness (QED) is 0.0229. The fourth-order valence-corrected chi connectivity index (χ4v) is 8.39. The summed E-state index contributed by atoms with van der Waals surface area (Å²) in [5.74, 6) is -4.93. The monoisotopic (exact) mass is 979 g/mol. The van der Waals surface area contributed by atoms with Crippen LogP contribution in [0.5, 0.6) is 34.5 Å². The number of benzene rings is 6. The molecule has 6 rings (SSSR count). The number of azo groups is 3. The molecule has 330 valence electrons.